The van der Waals surface area contributed by atoms with Crippen LogP contribution >= 0.6 is 11.9 Å². The van der Waals surface area contributed by atoms with Crippen molar-refractivity contribution in [2.24, 2.45) is 0 Å². The number of benzene rings is 2. The highest BCUT2D eigenvalue weighted by atomic mass is 32.2. The van der Waals surface area contributed by atoms with E-state index >= 15 is 0 Å². The SMILES string of the molecule is CC(=O)N1CCc2cc(SN3CCCN(c4cccc(C(F)(F)F)c4)CCC3)ccc21. The molecule has 4 rings (SSSR count). The van der Waals surface area contributed by atoms with E-state index in [1.165, 1.54) is 22.6 Å². The van der Waals surface area contributed by atoms with Crippen molar-refractivity contribution in [2.75, 3.05) is 42.5 Å². The third-order valence-corrected chi connectivity index (χ3v) is 6.86. The summed E-state index contributed by atoms with van der Waals surface area (Å²) >= 11 is 1.73. The molecule has 31 heavy (non-hydrogen) atoms. The quantitative estimate of drug-likeness (QED) is 0.600. The lowest BCUT2D eigenvalue weighted by atomic mass is 10.1. The van der Waals surface area contributed by atoms with Gasteiger partial charge in [0.15, 0.2) is 0 Å². The minimum absolute atomic E-state index is 0.0771. The molecule has 1 saturated heterocycles. The highest BCUT2D eigenvalue weighted by Gasteiger charge is 2.31. The van der Waals surface area contributed by atoms with Gasteiger partial charge in [-0.3, -0.25) is 4.79 Å². The number of halogens is 3. The monoisotopic (exact) mass is 449 g/mol. The second-order valence-corrected chi connectivity index (χ2v) is 9.14. The van der Waals surface area contributed by atoms with E-state index in [0.29, 0.717) is 5.69 Å². The molecular weight excluding hydrogens is 423 g/mol. The van der Waals surface area contributed by atoms with Crippen LogP contribution in [0.5, 0.6) is 0 Å². The van der Waals surface area contributed by atoms with E-state index in [2.05, 4.69) is 21.3 Å². The molecule has 0 unspecified atom stereocenters. The van der Waals surface area contributed by atoms with Gasteiger partial charge < -0.3 is 9.80 Å². The van der Waals surface area contributed by atoms with Gasteiger partial charge in [-0.15, -0.1) is 0 Å². The van der Waals surface area contributed by atoms with Crippen molar-refractivity contribution in [3.05, 3.63) is 53.6 Å². The summed E-state index contributed by atoms with van der Waals surface area (Å²) in [5, 5.41) is 0. The predicted molar refractivity (Wildman–Crippen MR) is 118 cm³/mol. The van der Waals surface area contributed by atoms with Gasteiger partial charge in [0.05, 0.1) is 5.56 Å². The van der Waals surface area contributed by atoms with E-state index in [9.17, 15) is 18.0 Å². The normalized spacial score (nSPS) is 17.9. The number of hydrogen-bond acceptors (Lipinski definition) is 4. The average molecular weight is 450 g/mol. The summed E-state index contributed by atoms with van der Waals surface area (Å²) in [6.07, 6.45) is -1.67. The van der Waals surface area contributed by atoms with Crippen LogP contribution in [0.4, 0.5) is 24.5 Å². The van der Waals surface area contributed by atoms with Gasteiger partial charge in [-0.1, -0.05) is 6.07 Å². The summed E-state index contributed by atoms with van der Waals surface area (Å²) in [5.74, 6) is 0.0771. The lowest BCUT2D eigenvalue weighted by molar-refractivity contribution is -0.137. The van der Waals surface area contributed by atoms with Crippen LogP contribution in [0.1, 0.15) is 30.9 Å². The van der Waals surface area contributed by atoms with Gasteiger partial charge in [0.2, 0.25) is 5.91 Å². The molecule has 1 amide bonds. The first kappa shape index (κ1) is 22.0. The van der Waals surface area contributed by atoms with Gasteiger partial charge in [-0.2, -0.15) is 13.2 Å². The Morgan fingerprint density at radius 3 is 2.39 bits per heavy atom. The number of carbonyl (C=O) groups is 1. The second kappa shape index (κ2) is 9.12. The Balaban J connectivity index is 1.36. The highest BCUT2D eigenvalue weighted by Crippen LogP contribution is 2.34. The maximum atomic E-state index is 13.0. The van der Waals surface area contributed by atoms with Crippen LogP contribution in [-0.4, -0.2) is 42.9 Å². The number of amides is 1. The summed E-state index contributed by atoms with van der Waals surface area (Å²) in [6.45, 7) is 5.55. The van der Waals surface area contributed by atoms with Gasteiger partial charge >= 0.3 is 6.18 Å². The van der Waals surface area contributed by atoms with Crippen LogP contribution in [0.25, 0.3) is 0 Å². The summed E-state index contributed by atoms with van der Waals surface area (Å²) in [4.78, 5) is 16.8. The molecule has 0 radical (unpaired) electrons. The van der Waals surface area contributed by atoms with Gasteiger partial charge in [-0.05, 0) is 73.2 Å². The fourth-order valence-electron chi connectivity index (χ4n) is 4.24. The minimum Gasteiger partial charge on any atom is -0.371 e. The van der Waals surface area contributed by atoms with E-state index in [0.717, 1.165) is 63.7 Å². The molecule has 2 aromatic carbocycles. The first-order valence-corrected chi connectivity index (χ1v) is 11.3. The maximum Gasteiger partial charge on any atom is 0.416 e. The molecule has 0 N–H and O–H groups in total. The fourth-order valence-corrected chi connectivity index (χ4v) is 5.30. The zero-order valence-electron chi connectivity index (χ0n) is 17.5. The number of anilines is 2. The Bertz CT molecular complexity index is 940. The molecule has 8 heteroatoms. The Labute approximate surface area is 185 Å². The van der Waals surface area contributed by atoms with Crippen LogP contribution in [0.2, 0.25) is 0 Å². The largest absolute Gasteiger partial charge is 0.416 e. The van der Waals surface area contributed by atoms with Crippen molar-refractivity contribution >= 4 is 29.2 Å². The van der Waals surface area contributed by atoms with E-state index in [4.69, 9.17) is 0 Å². The summed E-state index contributed by atoms with van der Waals surface area (Å²) < 4.78 is 41.4. The number of carbonyl (C=O) groups excluding carboxylic acids is 1. The maximum absolute atomic E-state index is 13.0. The van der Waals surface area contributed by atoms with Crippen molar-refractivity contribution in [1.82, 2.24) is 4.31 Å². The summed E-state index contributed by atoms with van der Waals surface area (Å²) in [5.41, 5.74) is 2.28. The zero-order chi connectivity index (χ0) is 22.0. The molecular formula is C23H26F3N3OS. The molecule has 2 aliphatic heterocycles. The Kier molecular flexibility index (Phi) is 6.48. The third kappa shape index (κ3) is 5.18. The molecule has 2 aromatic rings. The van der Waals surface area contributed by atoms with E-state index in [1.54, 1.807) is 24.9 Å². The van der Waals surface area contributed by atoms with Crippen molar-refractivity contribution in [3.8, 4) is 0 Å². The van der Waals surface area contributed by atoms with Gasteiger partial charge in [-0.25, -0.2) is 4.31 Å². The Hall–Kier alpha value is -2.19. The number of fused-ring (bicyclic) bond motifs is 1. The molecule has 0 bridgehead atoms. The number of hydrogen-bond donors (Lipinski definition) is 0. The van der Waals surface area contributed by atoms with Crippen molar-refractivity contribution < 1.29 is 18.0 Å². The molecule has 0 aliphatic carbocycles. The standard InChI is InChI=1S/C23H26F3N3OS/c1-17(30)29-14-9-18-15-21(7-8-22(18)29)31-28-12-3-10-27(11-4-13-28)20-6-2-5-19(16-20)23(24,25)26/h2,5-8,15-16H,3-4,9-14H2,1H3. The smallest absolute Gasteiger partial charge is 0.371 e. The molecule has 0 spiro atoms. The molecule has 0 saturated carbocycles. The average Bonchev–Trinajstić information content (AvgIpc) is 3.13. The van der Waals surface area contributed by atoms with Gasteiger partial charge in [0.25, 0.3) is 0 Å². The van der Waals surface area contributed by atoms with Crippen LogP contribution in [0.3, 0.4) is 0 Å². The lowest BCUT2D eigenvalue weighted by Crippen LogP contribution is -2.34. The number of alkyl halides is 3. The topological polar surface area (TPSA) is 26.8 Å². The highest BCUT2D eigenvalue weighted by molar-refractivity contribution is 7.97. The summed E-state index contributed by atoms with van der Waals surface area (Å²) in [7, 11) is 0. The zero-order valence-corrected chi connectivity index (χ0v) is 18.3. The first-order valence-electron chi connectivity index (χ1n) is 10.6. The molecule has 0 atom stereocenters. The third-order valence-electron chi connectivity index (χ3n) is 5.77. The number of rotatable bonds is 3. The molecule has 2 heterocycles. The van der Waals surface area contributed by atoms with Crippen molar-refractivity contribution in [3.63, 3.8) is 0 Å². The fraction of sp³-hybridized carbons (Fsp3) is 0.435. The Morgan fingerprint density at radius 2 is 1.71 bits per heavy atom. The van der Waals surface area contributed by atoms with Gasteiger partial charge in [0.1, 0.15) is 0 Å². The van der Waals surface area contributed by atoms with Crippen molar-refractivity contribution in [2.45, 2.75) is 37.3 Å². The van der Waals surface area contributed by atoms with Crippen LogP contribution in [0.15, 0.2) is 47.4 Å². The molecule has 1 fully saturated rings. The van der Waals surface area contributed by atoms with E-state index in [1.807, 2.05) is 11.0 Å². The van der Waals surface area contributed by atoms with Gasteiger partial charge in [0, 0.05) is 55.9 Å². The predicted octanol–water partition coefficient (Wildman–Crippen LogP) is 5.22. The Morgan fingerprint density at radius 1 is 0.968 bits per heavy atom. The van der Waals surface area contributed by atoms with Crippen LogP contribution < -0.4 is 9.80 Å². The number of nitrogens with zero attached hydrogens (tertiary/aromatic N) is 3. The minimum atomic E-state index is -4.32. The van der Waals surface area contributed by atoms with Crippen LogP contribution in [0, 0.1) is 0 Å². The summed E-state index contributed by atoms with van der Waals surface area (Å²) in [6, 6.07) is 11.9. The molecule has 2 aliphatic rings. The molecule has 0 aromatic heterocycles. The van der Waals surface area contributed by atoms with Crippen LogP contribution in [-0.2, 0) is 17.4 Å². The lowest BCUT2D eigenvalue weighted by Gasteiger charge is -2.31. The first-order chi connectivity index (χ1) is 14.8. The van der Waals surface area contributed by atoms with Crippen molar-refractivity contribution in [1.29, 1.82) is 0 Å². The molecule has 166 valence electrons. The van der Waals surface area contributed by atoms with E-state index < -0.39 is 11.7 Å². The second-order valence-electron chi connectivity index (χ2n) is 7.97. The van der Waals surface area contributed by atoms with E-state index in [-0.39, 0.29) is 5.91 Å². The molecule has 4 nitrogen and oxygen atoms in total.